The standard InChI is InChI=1S/C14H20FNO3/c1-3-6-12(14(17)18)19-13-10(9-16-4-2)7-5-8-11(13)15/h5,7-8,12,16H,3-4,6,9H2,1-2H3,(H,17,18). The molecule has 4 nitrogen and oxygen atoms in total. The van der Waals surface area contributed by atoms with Gasteiger partial charge in [-0.25, -0.2) is 9.18 Å². The molecule has 1 unspecified atom stereocenters. The monoisotopic (exact) mass is 269 g/mol. The SMILES string of the molecule is CCCC(Oc1c(F)cccc1CNCC)C(=O)O. The van der Waals surface area contributed by atoms with Crippen molar-refractivity contribution in [2.75, 3.05) is 6.54 Å². The lowest BCUT2D eigenvalue weighted by atomic mass is 10.1. The number of carboxylic acids is 1. The van der Waals surface area contributed by atoms with Gasteiger partial charge in [0, 0.05) is 12.1 Å². The average Bonchev–Trinajstić information content (AvgIpc) is 2.38. The van der Waals surface area contributed by atoms with E-state index < -0.39 is 17.9 Å². The first kappa shape index (κ1) is 15.4. The molecule has 0 radical (unpaired) electrons. The summed E-state index contributed by atoms with van der Waals surface area (Å²) in [6.45, 7) is 4.99. The van der Waals surface area contributed by atoms with Gasteiger partial charge in [0.1, 0.15) is 0 Å². The quantitative estimate of drug-likeness (QED) is 0.761. The normalized spacial score (nSPS) is 12.2. The summed E-state index contributed by atoms with van der Waals surface area (Å²) in [5.74, 6) is -1.57. The Morgan fingerprint density at radius 1 is 1.47 bits per heavy atom. The van der Waals surface area contributed by atoms with Crippen LogP contribution in [0, 0.1) is 5.82 Å². The first-order chi connectivity index (χ1) is 9.10. The molecular formula is C14H20FNO3. The fraction of sp³-hybridized carbons (Fsp3) is 0.500. The number of rotatable bonds is 8. The Morgan fingerprint density at radius 3 is 2.79 bits per heavy atom. The number of ether oxygens (including phenoxy) is 1. The Bertz CT molecular complexity index is 423. The van der Waals surface area contributed by atoms with Gasteiger partial charge in [-0.1, -0.05) is 32.4 Å². The third kappa shape index (κ3) is 4.52. The minimum absolute atomic E-state index is 0.0318. The van der Waals surface area contributed by atoms with Crippen LogP contribution in [0.3, 0.4) is 0 Å². The Labute approximate surface area is 112 Å². The highest BCUT2D eigenvalue weighted by molar-refractivity contribution is 5.72. The summed E-state index contributed by atoms with van der Waals surface area (Å²) in [6.07, 6.45) is 0.000398. The molecule has 1 aromatic carbocycles. The van der Waals surface area contributed by atoms with Gasteiger partial charge in [0.2, 0.25) is 0 Å². The average molecular weight is 269 g/mol. The van der Waals surface area contributed by atoms with Gasteiger partial charge in [0.25, 0.3) is 0 Å². The molecule has 0 spiro atoms. The zero-order chi connectivity index (χ0) is 14.3. The second-order valence-electron chi connectivity index (χ2n) is 4.24. The fourth-order valence-electron chi connectivity index (χ4n) is 1.72. The van der Waals surface area contributed by atoms with Gasteiger partial charge in [-0.2, -0.15) is 0 Å². The summed E-state index contributed by atoms with van der Waals surface area (Å²) in [5.41, 5.74) is 0.629. The van der Waals surface area contributed by atoms with Crippen molar-refractivity contribution < 1.29 is 19.0 Å². The highest BCUT2D eigenvalue weighted by Crippen LogP contribution is 2.24. The van der Waals surface area contributed by atoms with Gasteiger partial charge in [-0.05, 0) is 19.0 Å². The molecule has 106 valence electrons. The molecular weight excluding hydrogens is 249 g/mol. The predicted molar refractivity (Wildman–Crippen MR) is 70.7 cm³/mol. The lowest BCUT2D eigenvalue weighted by Gasteiger charge is -2.18. The Hall–Kier alpha value is -1.62. The van der Waals surface area contributed by atoms with Crippen molar-refractivity contribution in [3.63, 3.8) is 0 Å². The van der Waals surface area contributed by atoms with Gasteiger partial charge >= 0.3 is 5.97 Å². The van der Waals surface area contributed by atoms with Crippen LogP contribution >= 0.6 is 0 Å². The minimum atomic E-state index is -1.07. The molecule has 2 N–H and O–H groups in total. The smallest absolute Gasteiger partial charge is 0.344 e. The number of carboxylic acid groups (broad SMARTS) is 1. The van der Waals surface area contributed by atoms with Crippen molar-refractivity contribution in [2.24, 2.45) is 0 Å². The minimum Gasteiger partial charge on any atom is -0.479 e. The number of hydrogen-bond acceptors (Lipinski definition) is 3. The van der Waals surface area contributed by atoms with Crippen LogP contribution in [0.25, 0.3) is 0 Å². The van der Waals surface area contributed by atoms with Gasteiger partial charge < -0.3 is 15.2 Å². The van der Waals surface area contributed by atoms with E-state index in [2.05, 4.69) is 5.32 Å². The number of carbonyl (C=O) groups is 1. The highest BCUT2D eigenvalue weighted by atomic mass is 19.1. The summed E-state index contributed by atoms with van der Waals surface area (Å²) in [4.78, 5) is 11.1. The van der Waals surface area contributed by atoms with E-state index in [4.69, 9.17) is 9.84 Å². The van der Waals surface area contributed by atoms with Crippen molar-refractivity contribution in [3.05, 3.63) is 29.6 Å². The van der Waals surface area contributed by atoms with Gasteiger partial charge in [0.15, 0.2) is 17.7 Å². The number of halogens is 1. The van der Waals surface area contributed by atoms with Crippen molar-refractivity contribution in [1.82, 2.24) is 5.32 Å². The Balaban J connectivity index is 2.93. The summed E-state index contributed by atoms with van der Waals surface area (Å²) in [6, 6.07) is 4.59. The summed E-state index contributed by atoms with van der Waals surface area (Å²) in [7, 11) is 0. The van der Waals surface area contributed by atoms with Crippen molar-refractivity contribution in [2.45, 2.75) is 39.3 Å². The molecule has 1 aromatic rings. The summed E-state index contributed by atoms with van der Waals surface area (Å²) in [5, 5.41) is 12.1. The maximum absolute atomic E-state index is 13.8. The topological polar surface area (TPSA) is 58.6 Å². The van der Waals surface area contributed by atoms with Crippen LogP contribution in [0.4, 0.5) is 4.39 Å². The molecule has 0 amide bonds. The lowest BCUT2D eigenvalue weighted by Crippen LogP contribution is -2.28. The number of nitrogens with one attached hydrogen (secondary N) is 1. The first-order valence-electron chi connectivity index (χ1n) is 6.47. The molecule has 0 aliphatic heterocycles. The molecule has 5 heteroatoms. The number of aliphatic carboxylic acids is 1. The zero-order valence-electron chi connectivity index (χ0n) is 11.3. The second kappa shape index (κ2) is 7.74. The fourth-order valence-corrected chi connectivity index (χ4v) is 1.72. The van der Waals surface area contributed by atoms with Crippen LogP contribution in [0.15, 0.2) is 18.2 Å². The molecule has 1 rings (SSSR count). The van der Waals surface area contributed by atoms with E-state index in [0.29, 0.717) is 24.9 Å². The molecule has 0 saturated carbocycles. The van der Waals surface area contributed by atoms with Crippen molar-refractivity contribution in [3.8, 4) is 5.75 Å². The Morgan fingerprint density at radius 2 is 2.21 bits per heavy atom. The highest BCUT2D eigenvalue weighted by Gasteiger charge is 2.21. The van der Waals surface area contributed by atoms with E-state index in [1.807, 2.05) is 13.8 Å². The maximum atomic E-state index is 13.8. The number of benzene rings is 1. The van der Waals surface area contributed by atoms with Crippen molar-refractivity contribution >= 4 is 5.97 Å². The molecule has 0 fully saturated rings. The van der Waals surface area contributed by atoms with Crippen LogP contribution in [0.5, 0.6) is 5.75 Å². The van der Waals surface area contributed by atoms with Crippen LogP contribution in [0.1, 0.15) is 32.3 Å². The van der Waals surface area contributed by atoms with E-state index in [-0.39, 0.29) is 5.75 Å². The number of hydrogen-bond donors (Lipinski definition) is 2. The van der Waals surface area contributed by atoms with E-state index in [1.54, 1.807) is 12.1 Å². The third-order valence-corrected chi connectivity index (χ3v) is 2.70. The summed E-state index contributed by atoms with van der Waals surface area (Å²) < 4.78 is 19.2. The van der Waals surface area contributed by atoms with Gasteiger partial charge in [-0.3, -0.25) is 0 Å². The second-order valence-corrected chi connectivity index (χ2v) is 4.24. The van der Waals surface area contributed by atoms with E-state index in [9.17, 15) is 9.18 Å². The molecule has 0 bridgehead atoms. The predicted octanol–water partition coefficient (Wildman–Crippen LogP) is 2.57. The maximum Gasteiger partial charge on any atom is 0.344 e. The van der Waals surface area contributed by atoms with Crippen LogP contribution in [-0.2, 0) is 11.3 Å². The largest absolute Gasteiger partial charge is 0.479 e. The molecule has 0 aliphatic rings. The van der Waals surface area contributed by atoms with Gasteiger partial charge in [-0.15, -0.1) is 0 Å². The van der Waals surface area contributed by atoms with E-state index in [1.165, 1.54) is 6.07 Å². The van der Waals surface area contributed by atoms with E-state index >= 15 is 0 Å². The number of para-hydroxylation sites is 1. The van der Waals surface area contributed by atoms with E-state index in [0.717, 1.165) is 6.54 Å². The summed E-state index contributed by atoms with van der Waals surface area (Å²) >= 11 is 0. The Kier molecular flexibility index (Phi) is 6.29. The first-order valence-corrected chi connectivity index (χ1v) is 6.47. The van der Waals surface area contributed by atoms with Gasteiger partial charge in [0.05, 0.1) is 0 Å². The molecule has 19 heavy (non-hydrogen) atoms. The van der Waals surface area contributed by atoms with Crippen LogP contribution < -0.4 is 10.1 Å². The lowest BCUT2D eigenvalue weighted by molar-refractivity contribution is -0.145. The molecule has 0 aromatic heterocycles. The molecule has 0 aliphatic carbocycles. The molecule has 0 saturated heterocycles. The van der Waals surface area contributed by atoms with Crippen LogP contribution in [-0.4, -0.2) is 23.7 Å². The molecule has 0 heterocycles. The zero-order valence-corrected chi connectivity index (χ0v) is 11.3. The molecule has 1 atom stereocenters. The van der Waals surface area contributed by atoms with Crippen molar-refractivity contribution in [1.29, 1.82) is 0 Å². The van der Waals surface area contributed by atoms with Crippen LogP contribution in [0.2, 0.25) is 0 Å². The third-order valence-electron chi connectivity index (χ3n) is 2.70.